The molecule has 0 aliphatic carbocycles. The molecule has 1 rings (SSSR count). The Hall–Kier alpha value is -1.43. The van der Waals surface area contributed by atoms with Gasteiger partial charge in [0.15, 0.2) is 4.33 Å². The van der Waals surface area contributed by atoms with Gasteiger partial charge in [0.05, 0.1) is 0 Å². The van der Waals surface area contributed by atoms with Crippen LogP contribution in [0.15, 0.2) is 29.2 Å². The van der Waals surface area contributed by atoms with E-state index in [2.05, 4.69) is 0 Å². The van der Waals surface area contributed by atoms with Crippen LogP contribution in [0.2, 0.25) is 0 Å². The minimum absolute atomic E-state index is 0.250. The molecule has 13 heavy (non-hydrogen) atoms. The summed E-state index contributed by atoms with van der Waals surface area (Å²) < 4.78 is 20.8. The number of hydrogen-bond donors (Lipinski definition) is 0. The van der Waals surface area contributed by atoms with Gasteiger partial charge in [-0.05, 0) is 18.6 Å². The summed E-state index contributed by atoms with van der Waals surface area (Å²) in [5, 5.41) is 10.2. The molecule has 0 unspecified atom stereocenters. The standard InChI is InChI=1S/C7H7NO4S/c1-6-4-2-3-5-7(6)13(11,12)8(9)10/h2-5H,1H3. The maximum absolute atomic E-state index is 11.1. The lowest BCUT2D eigenvalue weighted by molar-refractivity contribution is -0.305. The first-order valence-electron chi connectivity index (χ1n) is 3.41. The molecule has 5 nitrogen and oxygen atoms in total. The molecule has 0 saturated heterocycles. The van der Waals surface area contributed by atoms with Crippen molar-refractivity contribution in [3.05, 3.63) is 39.9 Å². The lowest BCUT2D eigenvalue weighted by Crippen LogP contribution is -2.13. The van der Waals surface area contributed by atoms with Crippen molar-refractivity contribution in [2.75, 3.05) is 0 Å². The second-order valence-corrected chi connectivity index (χ2v) is 4.15. The third-order valence-corrected chi connectivity index (χ3v) is 2.97. The van der Waals surface area contributed by atoms with Gasteiger partial charge in [-0.25, -0.2) is 10.1 Å². The minimum Gasteiger partial charge on any atom is -0.247 e. The number of sulfonamides is 1. The van der Waals surface area contributed by atoms with E-state index in [0.29, 0.717) is 5.56 Å². The van der Waals surface area contributed by atoms with Crippen molar-refractivity contribution in [3.63, 3.8) is 0 Å². The fourth-order valence-electron chi connectivity index (χ4n) is 0.926. The summed E-state index contributed by atoms with van der Waals surface area (Å²) >= 11 is 0. The van der Waals surface area contributed by atoms with Crippen LogP contribution in [0.3, 0.4) is 0 Å². The molecular formula is C7H7NO4S. The van der Waals surface area contributed by atoms with Crippen molar-refractivity contribution in [2.24, 2.45) is 0 Å². The number of rotatable bonds is 2. The molecule has 0 heterocycles. The molecule has 0 saturated carbocycles. The fraction of sp³-hybridized carbons (Fsp3) is 0.143. The van der Waals surface area contributed by atoms with E-state index < -0.39 is 14.4 Å². The van der Waals surface area contributed by atoms with Gasteiger partial charge in [-0.15, -0.1) is 0 Å². The molecule has 70 valence electrons. The molecule has 0 radical (unpaired) electrons. The Morgan fingerprint density at radius 1 is 1.31 bits per heavy atom. The summed E-state index contributed by atoms with van der Waals surface area (Å²) in [4.78, 5) is 9.94. The van der Waals surface area contributed by atoms with E-state index in [0.717, 1.165) is 0 Å². The number of benzene rings is 1. The zero-order valence-electron chi connectivity index (χ0n) is 6.80. The maximum atomic E-state index is 11.1. The van der Waals surface area contributed by atoms with Crippen molar-refractivity contribution < 1.29 is 12.7 Å². The molecule has 0 spiro atoms. The van der Waals surface area contributed by atoms with Crippen LogP contribution in [0.4, 0.5) is 0 Å². The second-order valence-electron chi connectivity index (χ2n) is 2.46. The first kappa shape index (κ1) is 9.66. The van der Waals surface area contributed by atoms with Gasteiger partial charge in [0.1, 0.15) is 4.90 Å². The van der Waals surface area contributed by atoms with Gasteiger partial charge in [-0.2, -0.15) is 8.42 Å². The van der Waals surface area contributed by atoms with Crippen molar-refractivity contribution >= 4 is 10.0 Å². The van der Waals surface area contributed by atoms with Crippen molar-refractivity contribution in [3.8, 4) is 0 Å². The second kappa shape index (κ2) is 3.14. The van der Waals surface area contributed by atoms with Crippen LogP contribution in [0.5, 0.6) is 0 Å². The first-order valence-corrected chi connectivity index (χ1v) is 4.85. The molecule has 6 heteroatoms. The normalized spacial score (nSPS) is 11.2. The molecule has 0 atom stereocenters. The summed E-state index contributed by atoms with van der Waals surface area (Å²) in [6.45, 7) is 1.51. The molecule has 0 aliphatic heterocycles. The SMILES string of the molecule is Cc1ccccc1S(=O)(=O)[N+](=O)[O-]. The van der Waals surface area contributed by atoms with Gasteiger partial charge >= 0.3 is 10.0 Å². The smallest absolute Gasteiger partial charge is 0.247 e. The topological polar surface area (TPSA) is 77.3 Å². The molecule has 0 aliphatic rings. The van der Waals surface area contributed by atoms with Crippen LogP contribution in [-0.4, -0.2) is 12.7 Å². The number of nitro groups is 1. The third kappa shape index (κ3) is 1.67. The van der Waals surface area contributed by atoms with Gasteiger partial charge in [-0.3, -0.25) is 0 Å². The van der Waals surface area contributed by atoms with Gasteiger partial charge in [0.2, 0.25) is 0 Å². The lowest BCUT2D eigenvalue weighted by atomic mass is 10.2. The van der Waals surface area contributed by atoms with Crippen LogP contribution in [0.25, 0.3) is 0 Å². The van der Waals surface area contributed by atoms with Crippen molar-refractivity contribution in [1.29, 1.82) is 0 Å². The highest BCUT2D eigenvalue weighted by atomic mass is 32.2. The van der Waals surface area contributed by atoms with Crippen LogP contribution in [0.1, 0.15) is 5.56 Å². The van der Waals surface area contributed by atoms with Gasteiger partial charge < -0.3 is 0 Å². The largest absolute Gasteiger partial charge is 0.448 e. The number of nitrogens with zero attached hydrogens (tertiary/aromatic N) is 1. The van der Waals surface area contributed by atoms with Gasteiger partial charge in [-0.1, -0.05) is 18.2 Å². The number of hydrogen-bond acceptors (Lipinski definition) is 4. The fourth-order valence-corrected chi connectivity index (χ4v) is 1.81. The Balaban J connectivity index is 3.40. The van der Waals surface area contributed by atoms with E-state index in [-0.39, 0.29) is 4.90 Å². The van der Waals surface area contributed by atoms with E-state index in [1.165, 1.54) is 25.1 Å². The molecule has 1 aromatic rings. The highest BCUT2D eigenvalue weighted by Gasteiger charge is 2.28. The monoisotopic (exact) mass is 201 g/mol. The van der Waals surface area contributed by atoms with Crippen LogP contribution in [0, 0.1) is 17.0 Å². The van der Waals surface area contributed by atoms with E-state index >= 15 is 0 Å². The Bertz CT molecular complexity index is 438. The molecule has 0 aromatic heterocycles. The van der Waals surface area contributed by atoms with Gasteiger partial charge in [0, 0.05) is 0 Å². The Kier molecular flexibility index (Phi) is 2.33. The molecule has 0 amide bonds. The zero-order chi connectivity index (χ0) is 10.1. The molecule has 0 N–H and O–H groups in total. The summed E-state index contributed by atoms with van der Waals surface area (Å²) in [6, 6.07) is 5.79. The predicted molar refractivity (Wildman–Crippen MR) is 45.4 cm³/mol. The average Bonchev–Trinajstić information content (AvgIpc) is 2.04. The molecule has 0 bridgehead atoms. The maximum Gasteiger partial charge on any atom is 0.448 e. The third-order valence-electron chi connectivity index (χ3n) is 1.57. The summed E-state index contributed by atoms with van der Waals surface area (Å²) in [5.41, 5.74) is 0.374. The summed E-state index contributed by atoms with van der Waals surface area (Å²) in [7, 11) is -4.39. The Morgan fingerprint density at radius 3 is 2.31 bits per heavy atom. The molecule has 0 fully saturated rings. The zero-order valence-corrected chi connectivity index (χ0v) is 7.61. The van der Waals surface area contributed by atoms with E-state index in [9.17, 15) is 18.5 Å². The molecular weight excluding hydrogens is 194 g/mol. The van der Waals surface area contributed by atoms with Gasteiger partial charge in [0.25, 0.3) is 0 Å². The lowest BCUT2D eigenvalue weighted by Gasteiger charge is -1.98. The summed E-state index contributed by atoms with van der Waals surface area (Å²) in [5.74, 6) is 0. The van der Waals surface area contributed by atoms with Crippen LogP contribution >= 0.6 is 0 Å². The van der Waals surface area contributed by atoms with Crippen LogP contribution in [-0.2, 0) is 10.0 Å². The highest BCUT2D eigenvalue weighted by Crippen LogP contribution is 2.15. The average molecular weight is 201 g/mol. The number of aryl methyl sites for hydroxylation is 1. The van der Waals surface area contributed by atoms with E-state index in [1.54, 1.807) is 6.07 Å². The quantitative estimate of drug-likeness (QED) is 0.527. The van der Waals surface area contributed by atoms with E-state index in [1.807, 2.05) is 0 Å². The Labute approximate surface area is 75.2 Å². The minimum atomic E-state index is -4.39. The van der Waals surface area contributed by atoms with Crippen molar-refractivity contribution in [1.82, 2.24) is 0 Å². The molecule has 1 aromatic carbocycles. The van der Waals surface area contributed by atoms with Crippen molar-refractivity contribution in [2.45, 2.75) is 11.8 Å². The summed E-state index contributed by atoms with van der Waals surface area (Å²) in [6.07, 6.45) is 0. The predicted octanol–water partition coefficient (Wildman–Crippen LogP) is 0.960. The Morgan fingerprint density at radius 2 is 1.85 bits per heavy atom. The van der Waals surface area contributed by atoms with Crippen LogP contribution < -0.4 is 0 Å². The highest BCUT2D eigenvalue weighted by molar-refractivity contribution is 7.85. The van der Waals surface area contributed by atoms with E-state index in [4.69, 9.17) is 0 Å². The first-order chi connectivity index (χ1) is 5.96.